The van der Waals surface area contributed by atoms with E-state index in [1.165, 1.54) is 0 Å². The maximum atomic E-state index is 0. The molecule has 0 rings (SSSR count). The van der Waals surface area contributed by atoms with Crippen LogP contribution in [-0.2, 0) is 473 Å². The first kappa shape index (κ1) is 1740. The molecule has 66 heavy (non-hydrogen) atoms. The minimum Gasteiger partial charge on any atom is -3.00 e. The zero-order valence-electron chi connectivity index (χ0n) is 31.9. The van der Waals surface area contributed by atoms with Gasteiger partial charge in [-0.2, -0.15) is 0 Å². The second-order valence-corrected chi connectivity index (χ2v) is 0. The van der Waals surface area contributed by atoms with E-state index in [2.05, 4.69) is 0 Å². The van der Waals surface area contributed by atoms with E-state index in [9.17, 15) is 0 Å². The molecule has 66 heteroatoms. The zero-order valence-corrected chi connectivity index (χ0v) is 87.1. The molecule has 0 saturated carbocycles. The SMILES string of the molecule is O.O.O.O.O.O.[K+].[K+].[K+].[K+].[K+].[K+].[K+].[O-2].[O-2].[O-2].[O-2].[O-2].[O-2].[O-2].[O-2].[O-2].[O-2].[O-2].[O-2].[O-2].[O-2].[O-2].[O-2].[O-2].[O-2].[O-2].[O-2].[O-2].[O-2].[O-2].[O-2].[O-2].[O-2].[O-2].[O-2].[O-2].[O-2].[O-2].[O-2].[O-2].[O-2].[O-2].[O-2].[O-2].[O-2].[O-2].[O-2].[P-3].[Ti].[Ti].[W].[W].[W].[W].[W].[W].[W].[W].[W].[W]. The molecule has 0 aliphatic carbocycles. The second kappa shape index (κ2) is 1680. The van der Waals surface area contributed by atoms with Gasteiger partial charge in [0.25, 0.3) is 0 Å². The van der Waals surface area contributed by atoms with E-state index in [4.69, 9.17) is 0 Å². The fraction of sp³-hybridized carbons (Fsp3) is 0. The summed E-state index contributed by atoms with van der Waals surface area (Å²) in [6.07, 6.45) is 0. The molecule has 0 fully saturated rings. The van der Waals surface area contributed by atoms with Crippen molar-refractivity contribution in [2.45, 2.75) is 0 Å². The molecular formula is H12K7O46PTi2W10-76. The van der Waals surface area contributed by atoms with Crippen molar-refractivity contribution in [3.05, 3.63) is 0 Å². The van der Waals surface area contributed by atoms with Crippen LogP contribution in [0.4, 0.5) is 0 Å². The minimum absolute atomic E-state index is 0. The van der Waals surface area contributed by atoms with Crippen LogP contribution in [-0.4, -0.2) is 32.9 Å². The van der Waals surface area contributed by atoms with Crippen molar-refractivity contribution in [1.82, 2.24) is 0 Å². The average molecular weight is 2990 g/mol. The molecule has 12 N–H and O–H groups in total. The summed E-state index contributed by atoms with van der Waals surface area (Å²) >= 11 is 0. The molecule has 0 aromatic heterocycles. The molecule has 0 radical (unpaired) electrons. The molecule has 0 amide bonds. The first-order valence-electron chi connectivity index (χ1n) is 0. The molecule has 46 nitrogen and oxygen atoms in total. The van der Waals surface area contributed by atoms with Crippen molar-refractivity contribution in [2.24, 2.45) is 0 Å². The zero-order chi connectivity index (χ0) is 0. The Hall–Kier alpha value is 18.4. The monoisotopic (exact) mass is 2990 g/mol. The topological polar surface area (TPSA) is 1330 Å². The standard InChI is InChI=1S/7K.6H2O.40O.P.2Ti.10W/h;;;;;;;6*1H2;;;;;;;;;;;;;;;;;;;;;;;;;;;;;;;;;;;;;;;;;;;;;;;;;;;;;/q7*+1;;;;;;;40*-2;-3;;;;;;;;;;;;. The summed E-state index contributed by atoms with van der Waals surface area (Å²) in [5, 5.41) is 0. The van der Waals surface area contributed by atoms with Crippen molar-refractivity contribution in [1.29, 1.82) is 0 Å². The molecule has 0 atom stereocenters. The van der Waals surface area contributed by atoms with Gasteiger partial charge >= 0.3 is 360 Å². The molecule has 0 unspecified atom stereocenters. The third-order valence-electron chi connectivity index (χ3n) is 0. The van der Waals surface area contributed by atoms with Gasteiger partial charge in [-0.15, -0.1) is 0 Å². The Bertz CT molecular complexity index is 90.0. The summed E-state index contributed by atoms with van der Waals surface area (Å²) in [4.78, 5) is 0. The average Bonchev–Trinajstić information content (AvgIpc) is 0. The maximum Gasteiger partial charge on any atom is 1.00 e. The van der Waals surface area contributed by atoms with Crippen LogP contribution in [0.3, 0.4) is 0 Å². The normalized spacial score (nSPS) is 0. The van der Waals surface area contributed by atoms with Gasteiger partial charge in [0, 0.05) is 254 Å². The Morgan fingerprint density at radius 1 is 0.0909 bits per heavy atom. The number of rotatable bonds is 0. The third kappa shape index (κ3) is 1620. The number of hydrogen-bond donors (Lipinski definition) is 0. The van der Waals surface area contributed by atoms with E-state index in [0.717, 1.165) is 0 Å². The van der Waals surface area contributed by atoms with Gasteiger partial charge in [0.05, 0.1) is 0 Å². The molecule has 0 bridgehead atoms. The van der Waals surface area contributed by atoms with Gasteiger partial charge in [0.1, 0.15) is 0 Å². The summed E-state index contributed by atoms with van der Waals surface area (Å²) in [5.41, 5.74) is 0. The van der Waals surface area contributed by atoms with E-state index in [1.54, 1.807) is 0 Å². The van der Waals surface area contributed by atoms with Gasteiger partial charge in [0.2, 0.25) is 0 Å². The molecule has 0 heterocycles. The van der Waals surface area contributed by atoms with Crippen LogP contribution in [0.1, 0.15) is 0 Å². The van der Waals surface area contributed by atoms with E-state index in [1.807, 2.05) is 0 Å². The van der Waals surface area contributed by atoms with Crippen molar-refractivity contribution >= 4 is 9.90 Å². The molecule has 0 spiro atoms. The molecular weight excluding hydrogens is 2970 g/mol. The molecule has 0 aliphatic rings. The third-order valence-corrected chi connectivity index (χ3v) is 0. The van der Waals surface area contributed by atoms with Gasteiger partial charge in [-0.05, 0) is 0 Å². The fourth-order valence-electron chi connectivity index (χ4n) is 0. The van der Waals surface area contributed by atoms with Gasteiger partial charge in [-0.3, -0.25) is 0 Å². The van der Waals surface area contributed by atoms with Crippen LogP contribution in [0.25, 0.3) is 0 Å². The molecule has 0 aliphatic heterocycles. The van der Waals surface area contributed by atoms with Crippen LogP contribution in [0.15, 0.2) is 0 Å². The Kier molecular flexibility index (Phi) is 44200. The Morgan fingerprint density at radius 2 is 0.0909 bits per heavy atom. The number of hydrogen-bond acceptors (Lipinski definition) is 0. The van der Waals surface area contributed by atoms with Crippen LogP contribution >= 0.6 is 9.90 Å². The van der Waals surface area contributed by atoms with Gasteiger partial charge in [0.15, 0.2) is 0 Å². The van der Waals surface area contributed by atoms with Gasteiger partial charge in [-0.25, -0.2) is 0 Å². The summed E-state index contributed by atoms with van der Waals surface area (Å²) in [6, 6.07) is 0. The second-order valence-electron chi connectivity index (χ2n) is 0. The van der Waals surface area contributed by atoms with Crippen LogP contribution in [0.2, 0.25) is 0 Å². The summed E-state index contributed by atoms with van der Waals surface area (Å²) in [6.45, 7) is 0. The fourth-order valence-corrected chi connectivity index (χ4v) is 0. The van der Waals surface area contributed by atoms with Crippen LogP contribution in [0.5, 0.6) is 0 Å². The first-order chi connectivity index (χ1) is 0. The summed E-state index contributed by atoms with van der Waals surface area (Å²) in [5.74, 6) is 0. The van der Waals surface area contributed by atoms with Crippen molar-refractivity contribution in [3.63, 3.8) is 0 Å². The Morgan fingerprint density at radius 3 is 0.0909 bits per heavy atom. The largest absolute Gasteiger partial charge is 3.00 e. The van der Waals surface area contributed by atoms with E-state index in [-0.39, 0.29) is 876 Å². The predicted molar refractivity (Wildman–Crippen MR) is 56.1 cm³/mol. The van der Waals surface area contributed by atoms with Gasteiger partial charge in [-0.1, -0.05) is 0 Å². The van der Waals surface area contributed by atoms with E-state index in [0.29, 0.717) is 0 Å². The minimum atomic E-state index is 0. The molecule has 0 saturated heterocycles. The Labute approximate surface area is 852 Å². The van der Waals surface area contributed by atoms with Crippen molar-refractivity contribution < 1.29 is 866 Å². The first-order valence-corrected chi connectivity index (χ1v) is 0. The van der Waals surface area contributed by atoms with E-state index < -0.39 is 0 Å². The summed E-state index contributed by atoms with van der Waals surface area (Å²) in [7, 11) is 0. The maximum absolute atomic E-state index is 0. The quantitative estimate of drug-likeness (QED) is 0.161. The Balaban J connectivity index is 0. The van der Waals surface area contributed by atoms with Crippen molar-refractivity contribution in [3.8, 4) is 0 Å². The van der Waals surface area contributed by atoms with Crippen LogP contribution < -0.4 is 360 Å². The molecule has 0 aromatic carbocycles. The van der Waals surface area contributed by atoms with E-state index >= 15 is 0 Å². The molecule has 444 valence electrons. The smallest absolute Gasteiger partial charge is 1.00 e. The summed E-state index contributed by atoms with van der Waals surface area (Å²) < 4.78 is 0. The van der Waals surface area contributed by atoms with Crippen molar-refractivity contribution in [2.75, 3.05) is 0 Å². The van der Waals surface area contributed by atoms with Crippen LogP contribution in [0, 0.1) is 0 Å². The molecule has 0 aromatic rings. The predicted octanol–water partition coefficient (Wildman–Crippen LogP) is -29.8. The van der Waals surface area contributed by atoms with Gasteiger partial charge < -0.3 is 262 Å².